The zero-order valence-corrected chi connectivity index (χ0v) is 17.3. The predicted octanol–water partition coefficient (Wildman–Crippen LogP) is 1.97. The number of halogens is 1. The van der Waals surface area contributed by atoms with E-state index in [1.165, 1.54) is 33.5 Å². The highest BCUT2D eigenvalue weighted by Crippen LogP contribution is 2.25. The van der Waals surface area contributed by atoms with E-state index >= 15 is 0 Å². The molecule has 0 aromatic carbocycles. The van der Waals surface area contributed by atoms with Crippen LogP contribution in [-0.4, -0.2) is 52.6 Å². The van der Waals surface area contributed by atoms with Crippen molar-refractivity contribution in [1.82, 2.24) is 24.7 Å². The molecule has 0 aliphatic rings. The summed E-state index contributed by atoms with van der Waals surface area (Å²) >= 11 is 5.79. The Kier molecular flexibility index (Phi) is 7.09. The third-order valence-electron chi connectivity index (χ3n) is 3.85. The van der Waals surface area contributed by atoms with Gasteiger partial charge in [0.25, 0.3) is 0 Å². The normalized spacial score (nSPS) is 14.3. The third-order valence-corrected chi connectivity index (χ3v) is 5.74. The standard InChI is InChI=1S/C15H23ClN6O4S/c1-9(2)22-12(8-25-4)19-20-15(22)21-27(23,24)10(3)13(26-5)14-17-6-11(16)7-18-14/h6-7,9-10,13H,8H2,1-5H3,(H,20,21)/t10-,13-/m0/s1. The second kappa shape index (κ2) is 8.91. The van der Waals surface area contributed by atoms with Crippen molar-refractivity contribution in [2.45, 2.75) is 44.8 Å². The molecule has 0 spiro atoms. The summed E-state index contributed by atoms with van der Waals surface area (Å²) in [7, 11) is -0.974. The van der Waals surface area contributed by atoms with Crippen molar-refractivity contribution < 1.29 is 17.9 Å². The van der Waals surface area contributed by atoms with E-state index in [1.54, 1.807) is 4.57 Å². The Bertz CT molecular complexity index is 856. The third kappa shape index (κ3) is 4.92. The summed E-state index contributed by atoms with van der Waals surface area (Å²) in [6.07, 6.45) is 1.87. The molecule has 2 atom stereocenters. The first-order valence-electron chi connectivity index (χ1n) is 8.15. The fraction of sp³-hybridized carbons (Fsp3) is 0.600. The molecular formula is C15H23ClN6O4S. The van der Waals surface area contributed by atoms with Gasteiger partial charge in [0, 0.05) is 32.7 Å². The van der Waals surface area contributed by atoms with E-state index < -0.39 is 21.4 Å². The van der Waals surface area contributed by atoms with E-state index in [1.807, 2.05) is 13.8 Å². The quantitative estimate of drug-likeness (QED) is 0.655. The number of sulfonamides is 1. The van der Waals surface area contributed by atoms with Gasteiger partial charge in [-0.05, 0) is 20.8 Å². The van der Waals surface area contributed by atoms with Crippen molar-refractivity contribution in [3.8, 4) is 0 Å². The summed E-state index contributed by atoms with van der Waals surface area (Å²) in [5.41, 5.74) is 0. The van der Waals surface area contributed by atoms with E-state index in [-0.39, 0.29) is 24.4 Å². The molecule has 10 nitrogen and oxygen atoms in total. The Hall–Kier alpha value is -1.82. The van der Waals surface area contributed by atoms with Crippen molar-refractivity contribution in [3.63, 3.8) is 0 Å². The van der Waals surface area contributed by atoms with Crippen molar-refractivity contribution in [2.75, 3.05) is 18.9 Å². The molecule has 0 saturated carbocycles. The number of nitrogens with one attached hydrogen (secondary N) is 1. The predicted molar refractivity (Wildman–Crippen MR) is 99.9 cm³/mol. The molecule has 2 heterocycles. The Morgan fingerprint density at radius 3 is 2.33 bits per heavy atom. The highest BCUT2D eigenvalue weighted by molar-refractivity contribution is 7.93. The van der Waals surface area contributed by atoms with Crippen LogP contribution in [0.5, 0.6) is 0 Å². The molecule has 0 amide bonds. The van der Waals surface area contributed by atoms with Gasteiger partial charge < -0.3 is 9.47 Å². The zero-order chi connectivity index (χ0) is 20.2. The van der Waals surface area contributed by atoms with Gasteiger partial charge in [-0.25, -0.2) is 18.4 Å². The van der Waals surface area contributed by atoms with E-state index in [2.05, 4.69) is 24.9 Å². The highest BCUT2D eigenvalue weighted by atomic mass is 35.5. The van der Waals surface area contributed by atoms with Crippen molar-refractivity contribution in [2.24, 2.45) is 0 Å². The first-order valence-corrected chi connectivity index (χ1v) is 10.1. The summed E-state index contributed by atoms with van der Waals surface area (Å²) in [4.78, 5) is 8.11. The van der Waals surface area contributed by atoms with Crippen LogP contribution >= 0.6 is 11.6 Å². The first kappa shape index (κ1) is 21.5. The molecule has 2 aromatic rings. The van der Waals surface area contributed by atoms with Crippen LogP contribution in [0.25, 0.3) is 0 Å². The molecule has 27 heavy (non-hydrogen) atoms. The monoisotopic (exact) mass is 418 g/mol. The molecule has 0 unspecified atom stereocenters. The summed E-state index contributed by atoms with van der Waals surface area (Å²) in [6.45, 7) is 5.49. The molecule has 0 radical (unpaired) electrons. The average molecular weight is 419 g/mol. The Morgan fingerprint density at radius 2 is 1.81 bits per heavy atom. The van der Waals surface area contributed by atoms with E-state index in [9.17, 15) is 8.42 Å². The van der Waals surface area contributed by atoms with Gasteiger partial charge in [-0.2, -0.15) is 0 Å². The zero-order valence-electron chi connectivity index (χ0n) is 15.7. The Morgan fingerprint density at radius 1 is 1.19 bits per heavy atom. The Balaban J connectivity index is 2.31. The van der Waals surface area contributed by atoms with Gasteiger partial charge in [-0.15, -0.1) is 10.2 Å². The molecule has 0 aliphatic carbocycles. The van der Waals surface area contributed by atoms with Gasteiger partial charge in [0.2, 0.25) is 16.0 Å². The van der Waals surface area contributed by atoms with E-state index in [0.717, 1.165) is 0 Å². The summed E-state index contributed by atoms with van der Waals surface area (Å²) in [5, 5.41) is 7.28. The van der Waals surface area contributed by atoms with Crippen LogP contribution in [0, 0.1) is 0 Å². The molecule has 1 N–H and O–H groups in total. The number of methoxy groups -OCH3 is 2. The van der Waals surface area contributed by atoms with Crippen LogP contribution in [0.2, 0.25) is 5.02 Å². The van der Waals surface area contributed by atoms with Gasteiger partial charge >= 0.3 is 0 Å². The summed E-state index contributed by atoms with van der Waals surface area (Å²) in [5.74, 6) is 0.836. The van der Waals surface area contributed by atoms with Gasteiger partial charge in [0.1, 0.15) is 18.0 Å². The van der Waals surface area contributed by atoms with Gasteiger partial charge in [-0.3, -0.25) is 9.29 Å². The van der Waals surface area contributed by atoms with Crippen LogP contribution in [0.15, 0.2) is 12.4 Å². The number of rotatable bonds is 9. The van der Waals surface area contributed by atoms with Crippen molar-refractivity contribution in [1.29, 1.82) is 0 Å². The fourth-order valence-electron chi connectivity index (χ4n) is 2.52. The molecule has 0 fully saturated rings. The molecule has 0 saturated heterocycles. The summed E-state index contributed by atoms with van der Waals surface area (Å²) < 4.78 is 40.4. The second-order valence-corrected chi connectivity index (χ2v) is 8.58. The topological polar surface area (TPSA) is 121 Å². The minimum atomic E-state index is -3.89. The molecule has 2 rings (SSSR count). The SMILES string of the molecule is COCc1nnc(NS(=O)(=O)[C@@H](C)[C@H](OC)c2ncc(Cl)cn2)n1C(C)C. The maximum atomic E-state index is 12.9. The molecule has 12 heteroatoms. The van der Waals surface area contributed by atoms with Gasteiger partial charge in [0.05, 0.1) is 5.02 Å². The molecule has 0 aliphatic heterocycles. The largest absolute Gasteiger partial charge is 0.377 e. The number of aromatic nitrogens is 5. The minimum Gasteiger partial charge on any atom is -0.377 e. The lowest BCUT2D eigenvalue weighted by atomic mass is 10.2. The maximum Gasteiger partial charge on any atom is 0.240 e. The van der Waals surface area contributed by atoms with Crippen LogP contribution in [0.4, 0.5) is 5.95 Å². The maximum absolute atomic E-state index is 12.9. The van der Waals surface area contributed by atoms with Gasteiger partial charge in [0.15, 0.2) is 11.6 Å². The average Bonchev–Trinajstić information content (AvgIpc) is 2.99. The molecular weight excluding hydrogens is 396 g/mol. The number of anilines is 1. The smallest absolute Gasteiger partial charge is 0.240 e. The molecule has 150 valence electrons. The lowest BCUT2D eigenvalue weighted by Crippen LogP contribution is -2.33. The van der Waals surface area contributed by atoms with Crippen LogP contribution in [-0.2, 0) is 26.1 Å². The minimum absolute atomic E-state index is 0.0732. The number of nitrogens with zero attached hydrogens (tertiary/aromatic N) is 5. The number of ether oxygens (including phenoxy) is 2. The highest BCUT2D eigenvalue weighted by Gasteiger charge is 2.34. The number of hydrogen-bond acceptors (Lipinski definition) is 8. The van der Waals surface area contributed by atoms with Crippen molar-refractivity contribution in [3.05, 3.63) is 29.1 Å². The van der Waals surface area contributed by atoms with Crippen LogP contribution in [0.3, 0.4) is 0 Å². The second-order valence-electron chi connectivity index (χ2n) is 6.10. The van der Waals surface area contributed by atoms with Crippen molar-refractivity contribution >= 4 is 27.6 Å². The lowest BCUT2D eigenvalue weighted by Gasteiger charge is -2.22. The van der Waals surface area contributed by atoms with Crippen LogP contribution < -0.4 is 4.72 Å². The summed E-state index contributed by atoms with van der Waals surface area (Å²) in [6, 6.07) is -0.0732. The lowest BCUT2D eigenvalue weighted by molar-refractivity contribution is 0.0950. The molecule has 2 aromatic heterocycles. The van der Waals surface area contributed by atoms with E-state index in [0.29, 0.717) is 10.8 Å². The van der Waals surface area contributed by atoms with Crippen LogP contribution in [0.1, 0.15) is 44.6 Å². The molecule has 0 bridgehead atoms. The first-order chi connectivity index (χ1) is 12.7. The fourth-order valence-corrected chi connectivity index (χ4v) is 3.76. The van der Waals surface area contributed by atoms with E-state index in [4.69, 9.17) is 21.1 Å². The Labute approximate surface area is 163 Å². The van der Waals surface area contributed by atoms with Gasteiger partial charge in [-0.1, -0.05) is 11.6 Å². The number of hydrogen-bond donors (Lipinski definition) is 1.